The molecule has 88 valence electrons. The molecule has 0 aliphatic carbocycles. The number of furan rings is 1. The summed E-state index contributed by atoms with van der Waals surface area (Å²) in [4.78, 5) is 2.30. The molecule has 1 aliphatic heterocycles. The summed E-state index contributed by atoms with van der Waals surface area (Å²) in [6, 6.07) is 10.7. The lowest BCUT2D eigenvalue weighted by molar-refractivity contribution is 0.279. The maximum Gasteiger partial charge on any atom is 0.134 e. The third-order valence-corrected chi connectivity index (χ3v) is 3.41. The third-order valence-electron chi connectivity index (χ3n) is 3.41. The highest BCUT2D eigenvalue weighted by atomic mass is 16.3. The maximum absolute atomic E-state index is 5.96. The van der Waals surface area contributed by atoms with Crippen LogP contribution < -0.4 is 0 Å². The molecule has 2 heteroatoms. The minimum Gasteiger partial charge on any atom is -0.459 e. The van der Waals surface area contributed by atoms with E-state index >= 15 is 0 Å². The summed E-state index contributed by atoms with van der Waals surface area (Å²) in [5.41, 5.74) is 3.83. The molecule has 0 N–H and O–H groups in total. The van der Waals surface area contributed by atoms with Gasteiger partial charge in [-0.3, -0.25) is 4.90 Å². The summed E-state index contributed by atoms with van der Waals surface area (Å²) in [6.07, 6.45) is 1.10. The first-order valence-electron chi connectivity index (χ1n) is 6.09. The summed E-state index contributed by atoms with van der Waals surface area (Å²) < 4.78 is 5.96. The molecule has 0 radical (unpaired) electrons. The van der Waals surface area contributed by atoms with E-state index in [-0.39, 0.29) is 0 Å². The van der Waals surface area contributed by atoms with Crippen molar-refractivity contribution >= 4 is 0 Å². The van der Waals surface area contributed by atoms with Gasteiger partial charge in [0.25, 0.3) is 0 Å². The van der Waals surface area contributed by atoms with Crippen LogP contribution in [0, 0.1) is 6.92 Å². The molecule has 1 aromatic carbocycles. The number of hydrogen-bond acceptors (Lipinski definition) is 2. The Kier molecular flexibility index (Phi) is 2.52. The van der Waals surface area contributed by atoms with Crippen molar-refractivity contribution in [3.8, 4) is 11.3 Å². The van der Waals surface area contributed by atoms with E-state index in [1.807, 2.05) is 0 Å². The van der Waals surface area contributed by atoms with Crippen molar-refractivity contribution in [3.05, 3.63) is 47.2 Å². The summed E-state index contributed by atoms with van der Waals surface area (Å²) in [7, 11) is 2.14. The highest BCUT2D eigenvalue weighted by molar-refractivity contribution is 5.59. The van der Waals surface area contributed by atoms with E-state index in [4.69, 9.17) is 4.42 Å². The van der Waals surface area contributed by atoms with Crippen LogP contribution >= 0.6 is 0 Å². The maximum atomic E-state index is 5.96. The van der Waals surface area contributed by atoms with Gasteiger partial charge >= 0.3 is 0 Å². The Hall–Kier alpha value is -1.54. The Labute approximate surface area is 102 Å². The van der Waals surface area contributed by atoms with Gasteiger partial charge in [-0.2, -0.15) is 0 Å². The molecule has 1 aliphatic rings. The Bertz CT molecular complexity index is 524. The SMILES string of the molecule is Cc1ccc(-c2cc3c(o2)CN(C)CC3)cc1. The first-order chi connectivity index (χ1) is 8.22. The van der Waals surface area contributed by atoms with Gasteiger partial charge in [0.1, 0.15) is 11.5 Å². The van der Waals surface area contributed by atoms with E-state index in [1.165, 1.54) is 16.7 Å². The average Bonchev–Trinajstić information content (AvgIpc) is 2.72. The van der Waals surface area contributed by atoms with Gasteiger partial charge in [0.15, 0.2) is 0 Å². The molecule has 0 saturated heterocycles. The van der Waals surface area contributed by atoms with Gasteiger partial charge in [-0.1, -0.05) is 29.8 Å². The van der Waals surface area contributed by atoms with E-state index in [0.717, 1.165) is 31.0 Å². The lowest BCUT2D eigenvalue weighted by atomic mass is 10.1. The van der Waals surface area contributed by atoms with Gasteiger partial charge in [0, 0.05) is 12.1 Å². The Morgan fingerprint density at radius 2 is 1.94 bits per heavy atom. The van der Waals surface area contributed by atoms with E-state index in [2.05, 4.69) is 49.2 Å². The minimum absolute atomic E-state index is 0.932. The zero-order valence-corrected chi connectivity index (χ0v) is 10.4. The van der Waals surface area contributed by atoms with Crippen LogP contribution in [-0.4, -0.2) is 18.5 Å². The largest absolute Gasteiger partial charge is 0.459 e. The molecule has 0 spiro atoms. The lowest BCUT2D eigenvalue weighted by Gasteiger charge is -2.20. The Morgan fingerprint density at radius 3 is 2.71 bits per heavy atom. The second kappa shape index (κ2) is 4.04. The molecule has 17 heavy (non-hydrogen) atoms. The standard InChI is InChI=1S/C15H17NO/c1-11-3-5-12(6-4-11)14-9-13-7-8-16(2)10-15(13)17-14/h3-6,9H,7-8,10H2,1-2H3. The van der Waals surface area contributed by atoms with Gasteiger partial charge in [0.2, 0.25) is 0 Å². The van der Waals surface area contributed by atoms with Gasteiger partial charge in [-0.05, 0) is 32.0 Å². The van der Waals surface area contributed by atoms with Crippen molar-refractivity contribution in [2.24, 2.45) is 0 Å². The molecule has 0 atom stereocenters. The highest BCUT2D eigenvalue weighted by Gasteiger charge is 2.18. The molecule has 2 aromatic rings. The van der Waals surface area contributed by atoms with Gasteiger partial charge in [-0.25, -0.2) is 0 Å². The van der Waals surface area contributed by atoms with Crippen LogP contribution in [0.3, 0.4) is 0 Å². The van der Waals surface area contributed by atoms with Crippen molar-refractivity contribution in [1.29, 1.82) is 0 Å². The smallest absolute Gasteiger partial charge is 0.134 e. The highest BCUT2D eigenvalue weighted by Crippen LogP contribution is 2.29. The number of likely N-dealkylation sites (N-methyl/N-ethyl adjacent to an activating group) is 1. The first kappa shape index (κ1) is 10.6. The molecule has 0 unspecified atom stereocenters. The average molecular weight is 227 g/mol. The summed E-state index contributed by atoms with van der Waals surface area (Å²) in [6.45, 7) is 4.16. The normalized spacial score (nSPS) is 15.9. The number of nitrogens with zero attached hydrogens (tertiary/aromatic N) is 1. The number of rotatable bonds is 1. The Balaban J connectivity index is 1.97. The van der Waals surface area contributed by atoms with E-state index in [9.17, 15) is 0 Å². The predicted molar refractivity (Wildman–Crippen MR) is 68.9 cm³/mol. The van der Waals surface area contributed by atoms with Gasteiger partial charge < -0.3 is 4.42 Å². The quantitative estimate of drug-likeness (QED) is 0.743. The van der Waals surface area contributed by atoms with Gasteiger partial charge in [-0.15, -0.1) is 0 Å². The van der Waals surface area contributed by atoms with E-state index < -0.39 is 0 Å². The zero-order valence-electron chi connectivity index (χ0n) is 10.4. The van der Waals surface area contributed by atoms with Crippen LogP contribution in [0.15, 0.2) is 34.7 Å². The van der Waals surface area contributed by atoms with Crippen molar-refractivity contribution in [3.63, 3.8) is 0 Å². The van der Waals surface area contributed by atoms with Crippen LogP contribution in [0.1, 0.15) is 16.9 Å². The second-order valence-electron chi connectivity index (χ2n) is 4.91. The Morgan fingerprint density at radius 1 is 1.18 bits per heavy atom. The van der Waals surface area contributed by atoms with Crippen LogP contribution in [0.25, 0.3) is 11.3 Å². The monoisotopic (exact) mass is 227 g/mol. The molecule has 0 fully saturated rings. The van der Waals surface area contributed by atoms with Crippen LogP contribution in [-0.2, 0) is 13.0 Å². The van der Waals surface area contributed by atoms with Crippen LogP contribution in [0.4, 0.5) is 0 Å². The fourth-order valence-electron chi connectivity index (χ4n) is 2.31. The molecule has 2 heterocycles. The summed E-state index contributed by atoms with van der Waals surface area (Å²) >= 11 is 0. The summed E-state index contributed by atoms with van der Waals surface area (Å²) in [5, 5.41) is 0. The number of fused-ring (bicyclic) bond motifs is 1. The van der Waals surface area contributed by atoms with Crippen molar-refractivity contribution < 1.29 is 4.42 Å². The van der Waals surface area contributed by atoms with Crippen molar-refractivity contribution in [2.75, 3.05) is 13.6 Å². The van der Waals surface area contributed by atoms with E-state index in [0.29, 0.717) is 0 Å². The predicted octanol–water partition coefficient (Wildman–Crippen LogP) is 3.24. The molecule has 2 nitrogen and oxygen atoms in total. The number of benzene rings is 1. The van der Waals surface area contributed by atoms with Crippen molar-refractivity contribution in [1.82, 2.24) is 4.90 Å². The van der Waals surface area contributed by atoms with Gasteiger partial charge in [0.05, 0.1) is 6.54 Å². The lowest BCUT2D eigenvalue weighted by Crippen LogP contribution is -2.25. The molecule has 3 rings (SSSR count). The number of hydrogen-bond donors (Lipinski definition) is 0. The number of aryl methyl sites for hydroxylation is 1. The zero-order chi connectivity index (χ0) is 11.8. The molecule has 0 amide bonds. The molecule has 0 bridgehead atoms. The fourth-order valence-corrected chi connectivity index (χ4v) is 2.31. The molecule has 0 saturated carbocycles. The molecule has 1 aromatic heterocycles. The fraction of sp³-hybridized carbons (Fsp3) is 0.333. The second-order valence-corrected chi connectivity index (χ2v) is 4.91. The molecular formula is C15H17NO. The first-order valence-corrected chi connectivity index (χ1v) is 6.09. The third kappa shape index (κ3) is 2.01. The minimum atomic E-state index is 0.932. The topological polar surface area (TPSA) is 16.4 Å². The molecular weight excluding hydrogens is 210 g/mol. The van der Waals surface area contributed by atoms with E-state index in [1.54, 1.807) is 0 Å². The van der Waals surface area contributed by atoms with Crippen LogP contribution in [0.2, 0.25) is 0 Å². The summed E-state index contributed by atoms with van der Waals surface area (Å²) in [5.74, 6) is 2.14. The van der Waals surface area contributed by atoms with Crippen LogP contribution in [0.5, 0.6) is 0 Å². The van der Waals surface area contributed by atoms with Crippen molar-refractivity contribution in [2.45, 2.75) is 19.9 Å².